The van der Waals surface area contributed by atoms with Crippen molar-refractivity contribution in [1.29, 1.82) is 0 Å². The summed E-state index contributed by atoms with van der Waals surface area (Å²) in [7, 11) is 0. The predicted molar refractivity (Wildman–Crippen MR) is 83.3 cm³/mol. The van der Waals surface area contributed by atoms with Gasteiger partial charge in [0.2, 0.25) is 0 Å². The van der Waals surface area contributed by atoms with Gasteiger partial charge in [0.05, 0.1) is 6.04 Å². The number of carbonyl (C=O) groups is 2. The van der Waals surface area contributed by atoms with Crippen molar-refractivity contribution in [3.8, 4) is 0 Å². The van der Waals surface area contributed by atoms with Crippen molar-refractivity contribution in [2.45, 2.75) is 51.8 Å². The van der Waals surface area contributed by atoms with E-state index in [0.29, 0.717) is 12.8 Å². The van der Waals surface area contributed by atoms with Gasteiger partial charge in [-0.3, -0.25) is 9.69 Å². The first-order valence-electron chi connectivity index (χ1n) is 7.73. The van der Waals surface area contributed by atoms with E-state index < -0.39 is 0 Å². The number of carbonyl (C=O) groups excluding carboxylic acids is 2. The van der Waals surface area contributed by atoms with E-state index >= 15 is 0 Å². The van der Waals surface area contributed by atoms with Gasteiger partial charge in [-0.05, 0) is 25.8 Å². The zero-order valence-corrected chi connectivity index (χ0v) is 13.0. The van der Waals surface area contributed by atoms with Crippen LogP contribution in [0.15, 0.2) is 41.5 Å². The van der Waals surface area contributed by atoms with Crippen LogP contribution in [0.25, 0.3) is 0 Å². The minimum atomic E-state index is -0.307. The van der Waals surface area contributed by atoms with Crippen molar-refractivity contribution in [1.82, 2.24) is 4.90 Å². The molecule has 2 aliphatic rings. The fraction of sp³-hybridized carbons (Fsp3) is 0.444. The topological polar surface area (TPSA) is 46.6 Å². The molecule has 0 saturated carbocycles. The number of rotatable bonds is 2. The van der Waals surface area contributed by atoms with E-state index in [4.69, 9.17) is 4.74 Å². The fourth-order valence-corrected chi connectivity index (χ4v) is 3.41. The first-order valence-corrected chi connectivity index (χ1v) is 7.73. The number of benzene rings is 1. The van der Waals surface area contributed by atoms with E-state index in [1.807, 2.05) is 37.3 Å². The lowest BCUT2D eigenvalue weighted by Gasteiger charge is -2.45. The van der Waals surface area contributed by atoms with Crippen LogP contribution in [0, 0.1) is 0 Å². The first kappa shape index (κ1) is 14.8. The molecule has 3 rings (SSSR count). The van der Waals surface area contributed by atoms with Gasteiger partial charge in [0.15, 0.2) is 0 Å². The summed E-state index contributed by atoms with van der Waals surface area (Å²) in [5.74, 6) is 0.244. The molecule has 4 heteroatoms. The zero-order chi connectivity index (χ0) is 15.7. The minimum absolute atomic E-state index is 0.0433. The van der Waals surface area contributed by atoms with Gasteiger partial charge in [-0.2, -0.15) is 0 Å². The molecule has 1 amide bonds. The molecule has 0 N–H and O–H groups in total. The van der Waals surface area contributed by atoms with Crippen LogP contribution in [0.1, 0.15) is 38.7 Å². The summed E-state index contributed by atoms with van der Waals surface area (Å²) in [6.07, 6.45) is 1.33. The van der Waals surface area contributed by atoms with Crippen molar-refractivity contribution in [2.24, 2.45) is 0 Å². The lowest BCUT2D eigenvalue weighted by atomic mass is 9.81. The maximum absolute atomic E-state index is 12.5. The van der Waals surface area contributed by atoms with Crippen LogP contribution in [0.2, 0.25) is 0 Å². The van der Waals surface area contributed by atoms with Crippen LogP contribution >= 0.6 is 0 Å². The molecule has 2 atom stereocenters. The second-order valence-corrected chi connectivity index (χ2v) is 6.23. The Morgan fingerprint density at radius 1 is 1.18 bits per heavy atom. The molecule has 1 saturated heterocycles. The Labute approximate surface area is 130 Å². The molecule has 4 nitrogen and oxygen atoms in total. The van der Waals surface area contributed by atoms with Crippen LogP contribution < -0.4 is 0 Å². The fourth-order valence-electron chi connectivity index (χ4n) is 3.41. The smallest absolute Gasteiger partial charge is 0.410 e. The second-order valence-electron chi connectivity index (χ2n) is 6.23. The molecule has 2 aliphatic heterocycles. The summed E-state index contributed by atoms with van der Waals surface area (Å²) in [5.41, 5.74) is 3.41. The number of hydrogen-bond acceptors (Lipinski definition) is 3. The van der Waals surface area contributed by atoms with Crippen LogP contribution in [-0.4, -0.2) is 28.9 Å². The van der Waals surface area contributed by atoms with E-state index in [9.17, 15) is 9.59 Å². The summed E-state index contributed by atoms with van der Waals surface area (Å²) < 4.78 is 5.48. The van der Waals surface area contributed by atoms with Gasteiger partial charge in [-0.1, -0.05) is 41.5 Å². The molecule has 2 heterocycles. The molecule has 1 aromatic rings. The summed E-state index contributed by atoms with van der Waals surface area (Å²) in [6.45, 7) is 4.38. The molecule has 0 aromatic heterocycles. The van der Waals surface area contributed by atoms with Crippen LogP contribution in [0.5, 0.6) is 0 Å². The largest absolute Gasteiger partial charge is 0.445 e. The van der Waals surface area contributed by atoms with Gasteiger partial charge >= 0.3 is 6.09 Å². The highest BCUT2D eigenvalue weighted by atomic mass is 16.6. The van der Waals surface area contributed by atoms with Gasteiger partial charge < -0.3 is 4.74 Å². The third kappa shape index (κ3) is 2.78. The van der Waals surface area contributed by atoms with Gasteiger partial charge in [0.25, 0.3) is 0 Å². The Hall–Kier alpha value is -2.10. The van der Waals surface area contributed by atoms with E-state index in [2.05, 4.69) is 6.92 Å². The lowest BCUT2D eigenvalue weighted by Crippen LogP contribution is -2.55. The third-order valence-corrected chi connectivity index (χ3v) is 4.74. The monoisotopic (exact) mass is 299 g/mol. The number of nitrogens with zero attached hydrogens (tertiary/aromatic N) is 1. The summed E-state index contributed by atoms with van der Waals surface area (Å²) >= 11 is 0. The second kappa shape index (κ2) is 5.95. The van der Waals surface area contributed by atoms with Crippen molar-refractivity contribution >= 4 is 11.9 Å². The van der Waals surface area contributed by atoms with Crippen molar-refractivity contribution < 1.29 is 14.3 Å². The van der Waals surface area contributed by atoms with E-state index in [1.54, 1.807) is 4.90 Å². The SMILES string of the molecule is CC1=C(C)[C@@H]2CC(=O)C[C@H](C1)N2C(=O)OCc1ccccc1. The Balaban J connectivity index is 1.73. The lowest BCUT2D eigenvalue weighted by molar-refractivity contribution is -0.124. The molecule has 0 unspecified atom stereocenters. The summed E-state index contributed by atoms with van der Waals surface area (Å²) in [4.78, 5) is 26.2. The molecule has 1 aromatic carbocycles. The molecule has 0 aliphatic carbocycles. The van der Waals surface area contributed by atoms with Gasteiger partial charge in [-0.25, -0.2) is 4.79 Å². The highest BCUT2D eigenvalue weighted by molar-refractivity contribution is 5.84. The van der Waals surface area contributed by atoms with Gasteiger partial charge in [0, 0.05) is 18.9 Å². The van der Waals surface area contributed by atoms with Gasteiger partial charge in [0.1, 0.15) is 12.4 Å². The number of ketones is 1. The molecule has 1 fully saturated rings. The number of ether oxygens (including phenoxy) is 1. The molecule has 0 radical (unpaired) electrons. The average Bonchev–Trinajstić information content (AvgIpc) is 2.51. The van der Waals surface area contributed by atoms with E-state index in [0.717, 1.165) is 17.6 Å². The molecule has 116 valence electrons. The number of Topliss-reactive ketones (excluding diaryl/α,β-unsaturated/α-hetero) is 1. The number of amides is 1. The van der Waals surface area contributed by atoms with Crippen LogP contribution in [0.3, 0.4) is 0 Å². The number of fused-ring (bicyclic) bond motifs is 2. The normalized spacial score (nSPS) is 24.5. The number of piperidine rings is 1. The molecular weight excluding hydrogens is 278 g/mol. The minimum Gasteiger partial charge on any atom is -0.445 e. The Bertz CT molecular complexity index is 620. The predicted octanol–water partition coefficient (Wildman–Crippen LogP) is 3.47. The molecule has 22 heavy (non-hydrogen) atoms. The Kier molecular flexibility index (Phi) is 4.01. The quantitative estimate of drug-likeness (QED) is 0.786. The average molecular weight is 299 g/mol. The van der Waals surface area contributed by atoms with Crippen molar-refractivity contribution in [2.75, 3.05) is 0 Å². The Morgan fingerprint density at radius 3 is 2.64 bits per heavy atom. The Morgan fingerprint density at radius 2 is 1.91 bits per heavy atom. The number of hydrogen-bond donors (Lipinski definition) is 0. The zero-order valence-electron chi connectivity index (χ0n) is 13.0. The van der Waals surface area contributed by atoms with Crippen molar-refractivity contribution in [3.63, 3.8) is 0 Å². The van der Waals surface area contributed by atoms with Crippen LogP contribution in [0.4, 0.5) is 4.79 Å². The highest BCUT2D eigenvalue weighted by Crippen LogP contribution is 2.36. The molecule has 0 spiro atoms. The third-order valence-electron chi connectivity index (χ3n) is 4.74. The van der Waals surface area contributed by atoms with Crippen molar-refractivity contribution in [3.05, 3.63) is 47.0 Å². The highest BCUT2D eigenvalue weighted by Gasteiger charge is 2.42. The summed E-state index contributed by atoms with van der Waals surface area (Å²) in [6, 6.07) is 9.48. The molecule has 2 bridgehead atoms. The first-order chi connectivity index (χ1) is 10.6. The summed E-state index contributed by atoms with van der Waals surface area (Å²) in [5, 5.41) is 0. The molecular formula is C18H21NO3. The van der Waals surface area contributed by atoms with Gasteiger partial charge in [-0.15, -0.1) is 0 Å². The maximum Gasteiger partial charge on any atom is 0.410 e. The van der Waals surface area contributed by atoms with E-state index in [-0.39, 0.29) is 30.6 Å². The standard InChI is InChI=1S/C18H21NO3/c1-12-8-15-9-16(20)10-17(13(12)2)19(15)18(21)22-11-14-6-4-3-5-7-14/h3-7,15,17H,8-11H2,1-2H3/t15-,17-/m0/s1. The maximum atomic E-state index is 12.5. The van der Waals surface area contributed by atoms with E-state index in [1.165, 1.54) is 5.57 Å². The van der Waals surface area contributed by atoms with Crippen LogP contribution in [-0.2, 0) is 16.1 Å².